The highest BCUT2D eigenvalue weighted by molar-refractivity contribution is 5.86. The fourth-order valence-corrected chi connectivity index (χ4v) is 0.971. The molecule has 1 unspecified atom stereocenters. The minimum atomic E-state index is -0.570. The van der Waals surface area contributed by atoms with Crippen LogP contribution in [-0.4, -0.2) is 37.9 Å². The molecule has 0 aromatic carbocycles. The normalized spacial score (nSPS) is 12.8. The molecule has 0 saturated carbocycles. The predicted molar refractivity (Wildman–Crippen MR) is 56.3 cm³/mol. The molecule has 0 aliphatic rings. The monoisotopic (exact) mass is 215 g/mol. The van der Waals surface area contributed by atoms with Crippen molar-refractivity contribution in [3.8, 4) is 0 Å². The molecule has 6 heteroatoms. The van der Waals surface area contributed by atoms with Gasteiger partial charge in [0.25, 0.3) is 0 Å². The molecule has 0 spiro atoms. The Morgan fingerprint density at radius 2 is 2.13 bits per heavy atom. The van der Waals surface area contributed by atoms with Gasteiger partial charge >= 0.3 is 5.97 Å². The first-order valence-corrected chi connectivity index (χ1v) is 4.60. The lowest BCUT2D eigenvalue weighted by Crippen LogP contribution is -2.39. The van der Waals surface area contributed by atoms with Crippen LogP contribution in [0.15, 0.2) is 4.99 Å². The molecule has 0 fully saturated rings. The van der Waals surface area contributed by atoms with E-state index in [-0.39, 0.29) is 18.4 Å². The van der Waals surface area contributed by atoms with Gasteiger partial charge in [0.05, 0.1) is 13.4 Å². The first kappa shape index (κ1) is 13.4. The van der Waals surface area contributed by atoms with Gasteiger partial charge in [-0.1, -0.05) is 13.8 Å². The lowest BCUT2D eigenvalue weighted by molar-refractivity contribution is -0.141. The molecule has 0 aromatic rings. The summed E-state index contributed by atoms with van der Waals surface area (Å²) in [7, 11) is 1.26. The maximum absolute atomic E-state index is 11.5. The first-order valence-electron chi connectivity index (χ1n) is 4.60. The number of ether oxygens (including phenoxy) is 1. The number of nitrogens with two attached hydrogens (primary N) is 1. The van der Waals surface area contributed by atoms with Crippen LogP contribution in [0.3, 0.4) is 0 Å². The molecule has 0 rings (SSSR count). The molecule has 0 heterocycles. The smallest absolute Gasteiger partial charge is 0.325 e. The average Bonchev–Trinajstić information content (AvgIpc) is 2.21. The number of hydrogen-bond donors (Lipinski definition) is 2. The van der Waals surface area contributed by atoms with Crippen molar-refractivity contribution in [1.82, 2.24) is 5.32 Å². The summed E-state index contributed by atoms with van der Waals surface area (Å²) in [6, 6.07) is -0.570. The van der Waals surface area contributed by atoms with Gasteiger partial charge in [-0.05, 0) is 5.92 Å². The van der Waals surface area contributed by atoms with Crippen LogP contribution >= 0.6 is 0 Å². The summed E-state index contributed by atoms with van der Waals surface area (Å²) in [6.07, 6.45) is 1.09. The number of nitrogens with one attached hydrogen (secondary N) is 1. The number of hydrogen-bond acceptors (Lipinski definition) is 4. The summed E-state index contributed by atoms with van der Waals surface area (Å²) in [5.41, 5.74) is 5.12. The van der Waals surface area contributed by atoms with Crippen LogP contribution in [0.4, 0.5) is 0 Å². The van der Waals surface area contributed by atoms with Crippen LogP contribution in [0.5, 0.6) is 0 Å². The second kappa shape index (κ2) is 6.80. The number of esters is 1. The van der Waals surface area contributed by atoms with Crippen LogP contribution < -0.4 is 11.1 Å². The zero-order chi connectivity index (χ0) is 11.8. The number of carbonyl (C=O) groups excluding carboxylic acids is 2. The Morgan fingerprint density at radius 1 is 1.53 bits per heavy atom. The highest BCUT2D eigenvalue weighted by Gasteiger charge is 2.20. The Bertz CT molecular complexity index is 251. The summed E-state index contributed by atoms with van der Waals surface area (Å²) in [6.45, 7) is 3.53. The van der Waals surface area contributed by atoms with Gasteiger partial charge in [0.1, 0.15) is 12.6 Å². The quantitative estimate of drug-likeness (QED) is 0.360. The third kappa shape index (κ3) is 4.99. The third-order valence-corrected chi connectivity index (χ3v) is 1.78. The number of amides is 1. The molecule has 3 N–H and O–H groups in total. The average molecular weight is 215 g/mol. The molecule has 1 amide bonds. The van der Waals surface area contributed by atoms with Gasteiger partial charge in [0, 0.05) is 0 Å². The molecule has 0 aliphatic carbocycles. The van der Waals surface area contributed by atoms with E-state index in [4.69, 9.17) is 5.73 Å². The van der Waals surface area contributed by atoms with Gasteiger partial charge in [0.15, 0.2) is 0 Å². The van der Waals surface area contributed by atoms with Crippen molar-refractivity contribution < 1.29 is 14.3 Å². The van der Waals surface area contributed by atoms with Gasteiger partial charge < -0.3 is 15.8 Å². The zero-order valence-electron chi connectivity index (χ0n) is 9.19. The third-order valence-electron chi connectivity index (χ3n) is 1.78. The summed E-state index contributed by atoms with van der Waals surface area (Å²) in [5.74, 6) is -0.817. The van der Waals surface area contributed by atoms with Gasteiger partial charge in [-0.2, -0.15) is 0 Å². The topological polar surface area (TPSA) is 93.8 Å². The van der Waals surface area contributed by atoms with Crippen molar-refractivity contribution in [2.45, 2.75) is 19.9 Å². The van der Waals surface area contributed by atoms with Gasteiger partial charge in [-0.3, -0.25) is 14.6 Å². The minimum absolute atomic E-state index is 0.0162. The largest absolute Gasteiger partial charge is 0.468 e. The van der Waals surface area contributed by atoms with Crippen molar-refractivity contribution in [1.29, 1.82) is 0 Å². The van der Waals surface area contributed by atoms with E-state index in [0.717, 1.165) is 6.34 Å². The van der Waals surface area contributed by atoms with Crippen LogP contribution in [0.1, 0.15) is 13.8 Å². The zero-order valence-corrected chi connectivity index (χ0v) is 9.19. The summed E-state index contributed by atoms with van der Waals surface area (Å²) >= 11 is 0. The van der Waals surface area contributed by atoms with E-state index in [9.17, 15) is 9.59 Å². The van der Waals surface area contributed by atoms with Crippen molar-refractivity contribution in [3.63, 3.8) is 0 Å². The Balaban J connectivity index is 4.21. The maximum Gasteiger partial charge on any atom is 0.325 e. The van der Waals surface area contributed by atoms with Crippen LogP contribution in [0.2, 0.25) is 0 Å². The second-order valence-corrected chi connectivity index (χ2v) is 3.28. The predicted octanol–water partition coefficient (Wildman–Crippen LogP) is -0.713. The fourth-order valence-electron chi connectivity index (χ4n) is 0.971. The van der Waals surface area contributed by atoms with Crippen molar-refractivity contribution in [2.75, 3.05) is 13.7 Å². The van der Waals surface area contributed by atoms with Crippen molar-refractivity contribution in [3.05, 3.63) is 0 Å². The Labute approximate surface area is 88.9 Å². The SMILES string of the molecule is COC(=O)CNC(=O)C(N=CN)C(C)C. The van der Waals surface area contributed by atoms with E-state index in [1.165, 1.54) is 7.11 Å². The van der Waals surface area contributed by atoms with E-state index in [2.05, 4.69) is 15.0 Å². The van der Waals surface area contributed by atoms with E-state index in [1.807, 2.05) is 13.8 Å². The number of methoxy groups -OCH3 is 1. The van der Waals surface area contributed by atoms with E-state index >= 15 is 0 Å². The number of aliphatic imine (C=N–C) groups is 1. The van der Waals surface area contributed by atoms with Gasteiger partial charge in [0.2, 0.25) is 5.91 Å². The Morgan fingerprint density at radius 3 is 2.53 bits per heavy atom. The second-order valence-electron chi connectivity index (χ2n) is 3.28. The van der Waals surface area contributed by atoms with Crippen molar-refractivity contribution in [2.24, 2.45) is 16.6 Å². The molecule has 0 radical (unpaired) electrons. The molecule has 15 heavy (non-hydrogen) atoms. The first-order chi connectivity index (χ1) is 7.02. The summed E-state index contributed by atoms with van der Waals surface area (Å²) in [5, 5.41) is 2.42. The molecule has 0 bridgehead atoms. The fraction of sp³-hybridized carbons (Fsp3) is 0.667. The highest BCUT2D eigenvalue weighted by atomic mass is 16.5. The van der Waals surface area contributed by atoms with Gasteiger partial charge in [-0.25, -0.2) is 0 Å². The van der Waals surface area contributed by atoms with E-state index in [1.54, 1.807) is 0 Å². The molecular weight excluding hydrogens is 198 g/mol. The van der Waals surface area contributed by atoms with Crippen LogP contribution in [0.25, 0.3) is 0 Å². The molecule has 0 saturated heterocycles. The molecular formula is C9H17N3O3. The molecule has 0 aromatic heterocycles. The Hall–Kier alpha value is -1.59. The van der Waals surface area contributed by atoms with Crippen LogP contribution in [0, 0.1) is 5.92 Å². The summed E-state index contributed by atoms with van der Waals surface area (Å²) in [4.78, 5) is 26.1. The van der Waals surface area contributed by atoms with Gasteiger partial charge in [-0.15, -0.1) is 0 Å². The molecule has 86 valence electrons. The highest BCUT2D eigenvalue weighted by Crippen LogP contribution is 2.05. The number of carbonyl (C=O) groups is 2. The van der Waals surface area contributed by atoms with E-state index < -0.39 is 12.0 Å². The van der Waals surface area contributed by atoms with Crippen molar-refractivity contribution >= 4 is 18.2 Å². The minimum Gasteiger partial charge on any atom is -0.468 e. The molecule has 1 atom stereocenters. The lowest BCUT2D eigenvalue weighted by atomic mass is 10.0. The number of rotatable bonds is 5. The molecule has 6 nitrogen and oxygen atoms in total. The lowest BCUT2D eigenvalue weighted by Gasteiger charge is -2.15. The van der Waals surface area contributed by atoms with Crippen LogP contribution in [-0.2, 0) is 14.3 Å². The summed E-state index contributed by atoms with van der Waals surface area (Å²) < 4.78 is 4.38. The van der Waals surface area contributed by atoms with E-state index in [0.29, 0.717) is 0 Å². The Kier molecular flexibility index (Phi) is 6.08. The number of nitrogens with zero attached hydrogens (tertiary/aromatic N) is 1. The maximum atomic E-state index is 11.5. The standard InChI is InChI=1S/C9H17N3O3/c1-6(2)8(12-5-10)9(14)11-4-7(13)15-3/h5-6,8H,4H2,1-3H3,(H2,10,12)(H,11,14). The molecule has 0 aliphatic heterocycles.